The fraction of sp³-hybridized carbons (Fsp3) is 0.357. The number of rotatable bonds is 4. The number of unbranched alkanes of at least 4 members (excludes halogenated alkanes) is 1. The summed E-state index contributed by atoms with van der Waals surface area (Å²) < 4.78 is 0. The van der Waals surface area contributed by atoms with E-state index in [4.69, 9.17) is 5.73 Å². The molecule has 0 aliphatic rings. The molecule has 2 nitrogen and oxygen atoms in total. The van der Waals surface area contributed by atoms with Gasteiger partial charge in [-0.25, -0.2) is 0 Å². The molecule has 0 amide bonds. The quantitative estimate of drug-likeness (QED) is 0.895. The van der Waals surface area contributed by atoms with Crippen LogP contribution in [0.4, 0.5) is 0 Å². The smallest absolute Gasteiger partial charge is 0.0705 e. The second-order valence-electron chi connectivity index (χ2n) is 4.17. The van der Waals surface area contributed by atoms with Crippen LogP contribution in [0.5, 0.6) is 0 Å². The Hall–Kier alpha value is -1.12. The average molecular weight is 251 g/mol. The van der Waals surface area contributed by atoms with Gasteiger partial charge in [-0.1, -0.05) is 38.0 Å². The summed E-state index contributed by atoms with van der Waals surface area (Å²) in [4.78, 5) is 4.35. The predicted octanol–water partition coefficient (Wildman–Crippen LogP) is 3.85. The highest BCUT2D eigenvalue weighted by Gasteiger charge is 2.09. The molecule has 17 heavy (non-hydrogen) atoms. The second kappa shape index (κ2) is 6.58. The number of fused-ring (bicyclic) bond motifs is 1. The van der Waals surface area contributed by atoms with Crippen molar-refractivity contribution in [1.29, 1.82) is 0 Å². The maximum absolute atomic E-state index is 6.22. The Balaban J connectivity index is 0.00000144. The Morgan fingerprint density at radius 3 is 2.76 bits per heavy atom. The Morgan fingerprint density at radius 2 is 2.00 bits per heavy atom. The fourth-order valence-electron chi connectivity index (χ4n) is 2.02. The topological polar surface area (TPSA) is 38.9 Å². The zero-order chi connectivity index (χ0) is 11.4. The van der Waals surface area contributed by atoms with E-state index in [0.717, 1.165) is 11.9 Å². The first kappa shape index (κ1) is 13.9. The van der Waals surface area contributed by atoms with Crippen molar-refractivity contribution in [3.8, 4) is 0 Å². The van der Waals surface area contributed by atoms with E-state index >= 15 is 0 Å². The summed E-state index contributed by atoms with van der Waals surface area (Å²) in [5, 5.41) is 1.19. The van der Waals surface area contributed by atoms with Crippen LogP contribution in [0.25, 0.3) is 10.9 Å². The molecule has 0 saturated heterocycles. The van der Waals surface area contributed by atoms with E-state index in [0.29, 0.717) is 0 Å². The van der Waals surface area contributed by atoms with E-state index in [2.05, 4.69) is 18.0 Å². The summed E-state index contributed by atoms with van der Waals surface area (Å²) in [5.41, 5.74) is 8.47. The molecular weight excluding hydrogens is 232 g/mol. The van der Waals surface area contributed by atoms with Crippen LogP contribution in [-0.4, -0.2) is 4.98 Å². The van der Waals surface area contributed by atoms with Gasteiger partial charge in [-0.2, -0.15) is 0 Å². The standard InChI is InChI=1S/C14H18N2.ClH/c1-2-3-7-13(15)11-9-10-16-14-8-5-4-6-12(11)14;/h4-6,8-10,13H,2-3,7,15H2,1H3;1H/t13-;/m0./s1. The predicted molar refractivity (Wildman–Crippen MR) is 75.4 cm³/mol. The van der Waals surface area contributed by atoms with E-state index in [1.807, 2.05) is 30.5 Å². The molecule has 2 rings (SSSR count). The lowest BCUT2D eigenvalue weighted by atomic mass is 9.99. The van der Waals surface area contributed by atoms with Crippen LogP contribution in [0.15, 0.2) is 36.5 Å². The number of halogens is 1. The van der Waals surface area contributed by atoms with Crippen molar-refractivity contribution in [2.75, 3.05) is 0 Å². The van der Waals surface area contributed by atoms with E-state index in [9.17, 15) is 0 Å². The molecule has 0 saturated carbocycles. The highest BCUT2D eigenvalue weighted by molar-refractivity contribution is 5.85. The van der Waals surface area contributed by atoms with Gasteiger partial charge in [-0.05, 0) is 24.1 Å². The van der Waals surface area contributed by atoms with Gasteiger partial charge in [-0.15, -0.1) is 12.4 Å². The summed E-state index contributed by atoms with van der Waals surface area (Å²) in [6.45, 7) is 2.19. The lowest BCUT2D eigenvalue weighted by molar-refractivity contribution is 0.606. The van der Waals surface area contributed by atoms with Crippen molar-refractivity contribution in [2.45, 2.75) is 32.2 Å². The van der Waals surface area contributed by atoms with Crippen molar-refractivity contribution in [1.82, 2.24) is 4.98 Å². The van der Waals surface area contributed by atoms with Gasteiger partial charge in [0.2, 0.25) is 0 Å². The molecular formula is C14H19ClN2. The molecule has 1 heterocycles. The lowest BCUT2D eigenvalue weighted by Gasteiger charge is -2.13. The summed E-state index contributed by atoms with van der Waals surface area (Å²) in [5.74, 6) is 0. The normalized spacial score (nSPS) is 12.1. The molecule has 1 aromatic carbocycles. The minimum atomic E-state index is 0. The van der Waals surface area contributed by atoms with Crippen molar-refractivity contribution >= 4 is 23.3 Å². The van der Waals surface area contributed by atoms with Crippen LogP contribution in [0.3, 0.4) is 0 Å². The molecule has 1 atom stereocenters. The van der Waals surface area contributed by atoms with Crippen LogP contribution < -0.4 is 5.73 Å². The molecule has 0 aliphatic carbocycles. The van der Waals surface area contributed by atoms with Gasteiger partial charge >= 0.3 is 0 Å². The molecule has 0 radical (unpaired) electrons. The zero-order valence-corrected chi connectivity index (χ0v) is 10.9. The molecule has 0 spiro atoms. The van der Waals surface area contributed by atoms with Crippen LogP contribution >= 0.6 is 12.4 Å². The Kier molecular flexibility index (Phi) is 5.39. The molecule has 3 heteroatoms. The van der Waals surface area contributed by atoms with Crippen LogP contribution in [0.1, 0.15) is 37.8 Å². The minimum Gasteiger partial charge on any atom is -0.324 e. The molecule has 92 valence electrons. The van der Waals surface area contributed by atoms with Crippen molar-refractivity contribution in [2.24, 2.45) is 5.73 Å². The maximum atomic E-state index is 6.22. The molecule has 2 aromatic rings. The summed E-state index contributed by atoms with van der Waals surface area (Å²) in [6, 6.07) is 10.4. The van der Waals surface area contributed by atoms with Crippen LogP contribution in [0.2, 0.25) is 0 Å². The SMILES string of the molecule is CCCC[C@H](N)c1ccnc2ccccc12.Cl. The Labute approximate surface area is 109 Å². The van der Waals surface area contributed by atoms with Gasteiger partial charge in [-0.3, -0.25) is 4.98 Å². The minimum absolute atomic E-state index is 0. The third-order valence-electron chi connectivity index (χ3n) is 2.95. The highest BCUT2D eigenvalue weighted by atomic mass is 35.5. The number of hydrogen-bond acceptors (Lipinski definition) is 2. The van der Waals surface area contributed by atoms with Crippen LogP contribution in [0, 0.1) is 0 Å². The van der Waals surface area contributed by atoms with E-state index < -0.39 is 0 Å². The largest absolute Gasteiger partial charge is 0.324 e. The number of para-hydroxylation sites is 1. The number of aromatic nitrogens is 1. The Morgan fingerprint density at radius 1 is 1.24 bits per heavy atom. The van der Waals surface area contributed by atoms with E-state index in [1.165, 1.54) is 23.8 Å². The number of hydrogen-bond donors (Lipinski definition) is 1. The van der Waals surface area contributed by atoms with Gasteiger partial charge < -0.3 is 5.73 Å². The summed E-state index contributed by atoms with van der Waals surface area (Å²) in [7, 11) is 0. The van der Waals surface area contributed by atoms with Gasteiger partial charge in [0, 0.05) is 17.6 Å². The van der Waals surface area contributed by atoms with Gasteiger partial charge in [0.05, 0.1) is 5.52 Å². The van der Waals surface area contributed by atoms with Crippen molar-refractivity contribution in [3.05, 3.63) is 42.1 Å². The summed E-state index contributed by atoms with van der Waals surface area (Å²) >= 11 is 0. The summed E-state index contributed by atoms with van der Waals surface area (Å²) in [6.07, 6.45) is 5.27. The van der Waals surface area contributed by atoms with Crippen molar-refractivity contribution in [3.63, 3.8) is 0 Å². The third-order valence-corrected chi connectivity index (χ3v) is 2.95. The van der Waals surface area contributed by atoms with Gasteiger partial charge in [0.15, 0.2) is 0 Å². The Bertz CT molecular complexity index is 465. The average Bonchev–Trinajstić information content (AvgIpc) is 2.35. The molecule has 0 bridgehead atoms. The number of pyridine rings is 1. The second-order valence-corrected chi connectivity index (χ2v) is 4.17. The van der Waals surface area contributed by atoms with E-state index in [1.54, 1.807) is 0 Å². The maximum Gasteiger partial charge on any atom is 0.0705 e. The number of nitrogens with two attached hydrogens (primary N) is 1. The molecule has 1 aromatic heterocycles. The van der Waals surface area contributed by atoms with Gasteiger partial charge in [0.25, 0.3) is 0 Å². The van der Waals surface area contributed by atoms with Crippen molar-refractivity contribution < 1.29 is 0 Å². The van der Waals surface area contributed by atoms with Gasteiger partial charge in [0.1, 0.15) is 0 Å². The molecule has 2 N–H and O–H groups in total. The number of benzene rings is 1. The first-order valence-corrected chi connectivity index (χ1v) is 5.92. The van der Waals surface area contributed by atoms with Crippen LogP contribution in [-0.2, 0) is 0 Å². The fourth-order valence-corrected chi connectivity index (χ4v) is 2.02. The monoisotopic (exact) mass is 250 g/mol. The lowest BCUT2D eigenvalue weighted by Crippen LogP contribution is -2.10. The highest BCUT2D eigenvalue weighted by Crippen LogP contribution is 2.24. The molecule has 0 unspecified atom stereocenters. The first-order valence-electron chi connectivity index (χ1n) is 5.92. The first-order chi connectivity index (χ1) is 7.83. The third kappa shape index (κ3) is 3.18. The zero-order valence-electron chi connectivity index (χ0n) is 10.1. The number of nitrogens with zero attached hydrogens (tertiary/aromatic N) is 1. The van der Waals surface area contributed by atoms with E-state index in [-0.39, 0.29) is 18.4 Å². The molecule has 0 aliphatic heterocycles. The molecule has 0 fully saturated rings.